The third-order valence-electron chi connectivity index (χ3n) is 2.02. The molecule has 0 spiro atoms. The van der Waals surface area contributed by atoms with Crippen molar-refractivity contribution in [1.29, 1.82) is 5.26 Å². The van der Waals surface area contributed by atoms with Gasteiger partial charge in [-0.3, -0.25) is 10.3 Å². The Hall–Kier alpha value is -0.990. The van der Waals surface area contributed by atoms with Crippen LogP contribution in [0.4, 0.5) is 0 Å². The minimum absolute atomic E-state index is 0.0383. The fraction of sp³-hybridized carbons (Fsp3) is 0.273. The Morgan fingerprint density at radius 1 is 1.50 bits per heavy atom. The lowest BCUT2D eigenvalue weighted by molar-refractivity contribution is 0.818. The summed E-state index contributed by atoms with van der Waals surface area (Å²) in [5, 5.41) is 11.7. The van der Waals surface area contributed by atoms with Crippen LogP contribution in [0.2, 0.25) is 0 Å². The van der Waals surface area contributed by atoms with Gasteiger partial charge in [0, 0.05) is 4.47 Å². The number of hydrogen-bond acceptors (Lipinski definition) is 3. The number of rotatable bonds is 2. The quantitative estimate of drug-likeness (QED) is 0.394. The first-order valence-electron chi connectivity index (χ1n) is 4.69. The molecule has 0 heterocycles. The Bertz CT molecular complexity index is 408. The van der Waals surface area contributed by atoms with Gasteiger partial charge in [-0.1, -0.05) is 39.8 Å². The van der Waals surface area contributed by atoms with Crippen LogP contribution in [0.25, 0.3) is 0 Å². The van der Waals surface area contributed by atoms with Crippen LogP contribution < -0.4 is 5.32 Å². The van der Waals surface area contributed by atoms with Crippen molar-refractivity contribution >= 4 is 32.9 Å². The van der Waals surface area contributed by atoms with E-state index in [1.807, 2.05) is 43.6 Å². The number of hydrogen-bond donors (Lipinski definition) is 1. The summed E-state index contributed by atoms with van der Waals surface area (Å²) < 4.78 is 1.05. The van der Waals surface area contributed by atoms with E-state index in [0.29, 0.717) is 5.17 Å². The Morgan fingerprint density at radius 3 is 2.62 bits per heavy atom. The highest BCUT2D eigenvalue weighted by atomic mass is 79.9. The molecule has 84 valence electrons. The van der Waals surface area contributed by atoms with Crippen LogP contribution in [0, 0.1) is 11.5 Å². The second kappa shape index (κ2) is 6.56. The molecule has 1 aromatic rings. The molecule has 16 heavy (non-hydrogen) atoms. The van der Waals surface area contributed by atoms with E-state index in [1.54, 1.807) is 0 Å². The Balaban J connectivity index is 2.81. The van der Waals surface area contributed by atoms with Gasteiger partial charge in [-0.05, 0) is 30.9 Å². The number of halogens is 1. The molecule has 1 unspecified atom stereocenters. The number of nitriles is 1. The van der Waals surface area contributed by atoms with Crippen molar-refractivity contribution in [2.24, 2.45) is 4.99 Å². The van der Waals surface area contributed by atoms with Gasteiger partial charge in [0.25, 0.3) is 0 Å². The molecule has 0 aliphatic carbocycles. The summed E-state index contributed by atoms with van der Waals surface area (Å²) in [7, 11) is 0. The predicted molar refractivity (Wildman–Crippen MR) is 72.3 cm³/mol. The van der Waals surface area contributed by atoms with Crippen molar-refractivity contribution in [2.45, 2.75) is 13.0 Å². The molecule has 0 saturated heterocycles. The number of amidine groups is 1. The van der Waals surface area contributed by atoms with Crippen LogP contribution in [0.1, 0.15) is 18.5 Å². The second-order valence-electron chi connectivity index (χ2n) is 3.10. The van der Waals surface area contributed by atoms with E-state index in [0.717, 1.165) is 10.0 Å². The predicted octanol–water partition coefficient (Wildman–Crippen LogP) is 3.30. The number of aliphatic imine (C=N–C) groups is 1. The molecule has 0 bridgehead atoms. The van der Waals surface area contributed by atoms with Crippen molar-refractivity contribution in [2.75, 3.05) is 6.26 Å². The fourth-order valence-electron chi connectivity index (χ4n) is 1.18. The maximum Gasteiger partial charge on any atom is 0.183 e. The number of benzene rings is 1. The third-order valence-corrected chi connectivity index (χ3v) is 3.14. The molecule has 0 aliphatic heterocycles. The average Bonchev–Trinajstić information content (AvgIpc) is 2.29. The first-order valence-corrected chi connectivity index (χ1v) is 6.71. The van der Waals surface area contributed by atoms with Gasteiger partial charge in [-0.15, -0.1) is 0 Å². The zero-order chi connectivity index (χ0) is 12.0. The maximum atomic E-state index is 8.53. The van der Waals surface area contributed by atoms with Crippen LogP contribution in [-0.2, 0) is 0 Å². The van der Waals surface area contributed by atoms with Crippen LogP contribution in [0.5, 0.6) is 0 Å². The summed E-state index contributed by atoms with van der Waals surface area (Å²) in [6, 6.07) is 8.04. The van der Waals surface area contributed by atoms with Gasteiger partial charge in [-0.2, -0.15) is 5.26 Å². The number of nitrogens with zero attached hydrogens (tertiary/aromatic N) is 2. The summed E-state index contributed by atoms with van der Waals surface area (Å²) in [5.74, 6) is 0. The normalized spacial score (nSPS) is 13.0. The summed E-state index contributed by atoms with van der Waals surface area (Å²) in [6.07, 6.45) is 3.76. The molecule has 0 aromatic heterocycles. The van der Waals surface area contributed by atoms with Gasteiger partial charge < -0.3 is 0 Å². The first-order chi connectivity index (χ1) is 7.67. The molecule has 1 atom stereocenters. The Kier molecular flexibility index (Phi) is 5.36. The van der Waals surface area contributed by atoms with E-state index in [1.165, 1.54) is 11.8 Å². The highest BCUT2D eigenvalue weighted by molar-refractivity contribution is 9.10. The molecule has 0 radical (unpaired) electrons. The molecule has 3 nitrogen and oxygen atoms in total. The Labute approximate surface area is 108 Å². The van der Waals surface area contributed by atoms with E-state index in [9.17, 15) is 0 Å². The summed E-state index contributed by atoms with van der Waals surface area (Å²) in [4.78, 5) is 4.42. The zero-order valence-corrected chi connectivity index (χ0v) is 11.5. The molecule has 1 N–H and O–H groups in total. The van der Waals surface area contributed by atoms with Crippen molar-refractivity contribution in [3.8, 4) is 6.19 Å². The molecule has 1 aromatic carbocycles. The van der Waals surface area contributed by atoms with E-state index < -0.39 is 0 Å². The van der Waals surface area contributed by atoms with E-state index >= 15 is 0 Å². The number of thioether (sulfide) groups is 1. The summed E-state index contributed by atoms with van der Waals surface area (Å²) in [6.45, 7) is 2.00. The summed E-state index contributed by atoms with van der Waals surface area (Å²) in [5.41, 5.74) is 1.12. The van der Waals surface area contributed by atoms with Gasteiger partial charge in [0.1, 0.15) is 0 Å². The second-order valence-corrected chi connectivity index (χ2v) is 4.81. The highest BCUT2D eigenvalue weighted by Crippen LogP contribution is 2.20. The largest absolute Gasteiger partial charge is 0.272 e. The fourth-order valence-corrected chi connectivity index (χ4v) is 1.85. The topological polar surface area (TPSA) is 48.2 Å². The van der Waals surface area contributed by atoms with Gasteiger partial charge >= 0.3 is 0 Å². The number of nitrogens with one attached hydrogen (secondary N) is 1. The van der Waals surface area contributed by atoms with Gasteiger partial charge in [0.05, 0.1) is 6.04 Å². The molecule has 0 aliphatic rings. The lowest BCUT2D eigenvalue weighted by Gasteiger charge is -2.08. The lowest BCUT2D eigenvalue weighted by Crippen LogP contribution is -2.14. The third kappa shape index (κ3) is 3.87. The minimum atomic E-state index is 0.0383. The Morgan fingerprint density at radius 2 is 2.12 bits per heavy atom. The van der Waals surface area contributed by atoms with Crippen LogP contribution in [-0.4, -0.2) is 11.4 Å². The first kappa shape index (κ1) is 13.1. The zero-order valence-electron chi connectivity index (χ0n) is 9.07. The van der Waals surface area contributed by atoms with Crippen molar-refractivity contribution < 1.29 is 0 Å². The van der Waals surface area contributed by atoms with Gasteiger partial charge in [-0.25, -0.2) is 0 Å². The van der Waals surface area contributed by atoms with Crippen molar-refractivity contribution in [3.63, 3.8) is 0 Å². The molecule has 1 rings (SSSR count). The SMILES string of the molecule is CSC(=NC(C)c1ccc(Br)cc1)NC#N. The minimum Gasteiger partial charge on any atom is -0.272 e. The standard InChI is InChI=1S/C11H12BrN3S/c1-8(15-11(16-2)14-7-13)9-3-5-10(12)6-4-9/h3-6,8H,1-2H3,(H,14,15). The van der Waals surface area contributed by atoms with Gasteiger partial charge in [0.15, 0.2) is 11.4 Å². The maximum absolute atomic E-state index is 8.53. The lowest BCUT2D eigenvalue weighted by atomic mass is 10.1. The van der Waals surface area contributed by atoms with Crippen LogP contribution in [0.3, 0.4) is 0 Å². The highest BCUT2D eigenvalue weighted by Gasteiger charge is 2.05. The molecular formula is C11H12BrN3S. The molecular weight excluding hydrogens is 286 g/mol. The van der Waals surface area contributed by atoms with Crippen molar-refractivity contribution in [1.82, 2.24) is 5.32 Å². The molecule has 0 fully saturated rings. The van der Waals surface area contributed by atoms with E-state index in [2.05, 4.69) is 26.2 Å². The van der Waals surface area contributed by atoms with Crippen molar-refractivity contribution in [3.05, 3.63) is 34.3 Å². The molecule has 5 heteroatoms. The smallest absolute Gasteiger partial charge is 0.183 e. The monoisotopic (exact) mass is 297 g/mol. The van der Waals surface area contributed by atoms with E-state index in [-0.39, 0.29) is 6.04 Å². The molecule has 0 amide bonds. The molecule has 0 saturated carbocycles. The van der Waals surface area contributed by atoms with E-state index in [4.69, 9.17) is 5.26 Å². The average molecular weight is 298 g/mol. The van der Waals surface area contributed by atoms with Gasteiger partial charge in [0.2, 0.25) is 0 Å². The summed E-state index contributed by atoms with van der Waals surface area (Å²) >= 11 is 4.82. The van der Waals surface area contributed by atoms with Crippen LogP contribution in [0.15, 0.2) is 33.7 Å². The van der Waals surface area contributed by atoms with Crippen LogP contribution >= 0.6 is 27.7 Å².